The van der Waals surface area contributed by atoms with Gasteiger partial charge in [0.2, 0.25) is 5.91 Å². The van der Waals surface area contributed by atoms with Gasteiger partial charge in [-0.25, -0.2) is 0 Å². The molecule has 9 heteroatoms. The van der Waals surface area contributed by atoms with Crippen LogP contribution in [0.25, 0.3) is 0 Å². The molecular weight excluding hydrogens is 343 g/mol. The van der Waals surface area contributed by atoms with E-state index in [4.69, 9.17) is 9.26 Å². The van der Waals surface area contributed by atoms with Crippen molar-refractivity contribution in [2.24, 2.45) is 0 Å². The Labute approximate surface area is 149 Å². The molecule has 1 amide bonds. The number of hydrogen-bond donors (Lipinski definition) is 1. The first-order chi connectivity index (χ1) is 10.2. The topological polar surface area (TPSA) is 70.8 Å². The van der Waals surface area contributed by atoms with Crippen molar-refractivity contribution >= 4 is 30.7 Å². The Morgan fingerprint density at radius 3 is 2.61 bits per heavy atom. The van der Waals surface area contributed by atoms with E-state index in [2.05, 4.69) is 15.4 Å². The van der Waals surface area contributed by atoms with Gasteiger partial charge in [0.15, 0.2) is 5.76 Å². The van der Waals surface area contributed by atoms with E-state index in [-0.39, 0.29) is 30.7 Å². The van der Waals surface area contributed by atoms with E-state index in [0.717, 1.165) is 44.2 Å². The molecule has 0 bridgehead atoms. The Morgan fingerprint density at radius 1 is 1.35 bits per heavy atom. The summed E-state index contributed by atoms with van der Waals surface area (Å²) < 4.78 is 10.2. The summed E-state index contributed by atoms with van der Waals surface area (Å²) in [6.07, 6.45) is 0. The minimum Gasteiger partial charge on any atom is -0.383 e. The molecule has 1 fully saturated rings. The van der Waals surface area contributed by atoms with Gasteiger partial charge in [-0.2, -0.15) is 0 Å². The molecule has 7 nitrogen and oxygen atoms in total. The Bertz CT molecular complexity index is 451. The number of methoxy groups -OCH3 is 1. The van der Waals surface area contributed by atoms with Crippen LogP contribution in [0.1, 0.15) is 11.5 Å². The first kappa shape index (κ1) is 22.1. The first-order valence-electron chi connectivity index (χ1n) is 7.31. The Kier molecular flexibility index (Phi) is 11.2. The van der Waals surface area contributed by atoms with Crippen LogP contribution in [0, 0.1) is 6.92 Å². The molecule has 0 aromatic carbocycles. The number of rotatable bonds is 7. The molecule has 1 aliphatic rings. The average molecular weight is 369 g/mol. The normalized spacial score (nSPS) is 15.0. The van der Waals surface area contributed by atoms with Crippen LogP contribution in [-0.4, -0.2) is 73.8 Å². The highest BCUT2D eigenvalue weighted by Crippen LogP contribution is 2.09. The van der Waals surface area contributed by atoms with Gasteiger partial charge in [0.05, 0.1) is 25.4 Å². The van der Waals surface area contributed by atoms with Gasteiger partial charge in [0.1, 0.15) is 0 Å². The van der Waals surface area contributed by atoms with E-state index >= 15 is 0 Å². The van der Waals surface area contributed by atoms with Crippen LogP contribution in [0.4, 0.5) is 0 Å². The summed E-state index contributed by atoms with van der Waals surface area (Å²) in [5, 5.41) is 6.97. The van der Waals surface area contributed by atoms with Crippen molar-refractivity contribution in [1.82, 2.24) is 20.3 Å². The minimum absolute atomic E-state index is 0. The van der Waals surface area contributed by atoms with Gasteiger partial charge in [-0.15, -0.1) is 24.8 Å². The van der Waals surface area contributed by atoms with Gasteiger partial charge in [-0.1, -0.05) is 5.16 Å². The van der Waals surface area contributed by atoms with E-state index in [1.54, 1.807) is 7.11 Å². The number of ether oxygens (including phenoxy) is 1. The van der Waals surface area contributed by atoms with Crippen molar-refractivity contribution < 1.29 is 14.1 Å². The summed E-state index contributed by atoms with van der Waals surface area (Å²) in [5.41, 5.74) is 0.904. The lowest BCUT2D eigenvalue weighted by molar-refractivity contribution is -0.132. The summed E-state index contributed by atoms with van der Waals surface area (Å²) in [5.74, 6) is 1.04. The maximum atomic E-state index is 12.0. The lowest BCUT2D eigenvalue weighted by Gasteiger charge is -2.34. The molecule has 1 aliphatic heterocycles. The van der Waals surface area contributed by atoms with E-state index in [1.807, 2.05) is 17.9 Å². The van der Waals surface area contributed by atoms with Crippen LogP contribution >= 0.6 is 24.8 Å². The monoisotopic (exact) mass is 368 g/mol. The molecule has 0 saturated carbocycles. The van der Waals surface area contributed by atoms with Gasteiger partial charge in [-0.05, 0) is 6.92 Å². The van der Waals surface area contributed by atoms with E-state index in [1.165, 1.54) is 0 Å². The summed E-state index contributed by atoms with van der Waals surface area (Å²) in [4.78, 5) is 16.2. The van der Waals surface area contributed by atoms with Crippen LogP contribution in [-0.2, 0) is 16.1 Å². The second kappa shape index (κ2) is 11.6. The first-order valence-corrected chi connectivity index (χ1v) is 7.31. The summed E-state index contributed by atoms with van der Waals surface area (Å²) in [6, 6.07) is 1.96. The zero-order valence-electron chi connectivity index (χ0n) is 13.6. The maximum absolute atomic E-state index is 12.0. The molecule has 134 valence electrons. The third-order valence-corrected chi connectivity index (χ3v) is 3.54. The standard InChI is InChI=1S/C14H24N4O3.2ClH/c1-12-9-13(21-16-12)11-17-4-6-18(7-5-17)14(19)10-15-3-8-20-2;;/h9,15H,3-8,10-11H2,1-2H3;2*1H. The number of piperazine rings is 1. The van der Waals surface area contributed by atoms with Crippen molar-refractivity contribution in [3.8, 4) is 0 Å². The van der Waals surface area contributed by atoms with Gasteiger partial charge < -0.3 is 19.5 Å². The zero-order valence-corrected chi connectivity index (χ0v) is 15.3. The maximum Gasteiger partial charge on any atom is 0.236 e. The summed E-state index contributed by atoms with van der Waals surface area (Å²) in [7, 11) is 1.65. The molecule has 1 saturated heterocycles. The van der Waals surface area contributed by atoms with Crippen molar-refractivity contribution in [3.63, 3.8) is 0 Å². The molecule has 1 N–H and O–H groups in total. The number of carbonyl (C=O) groups excluding carboxylic acids is 1. The number of aryl methyl sites for hydroxylation is 1. The molecule has 0 radical (unpaired) electrons. The van der Waals surface area contributed by atoms with Gasteiger partial charge in [0.25, 0.3) is 0 Å². The molecule has 23 heavy (non-hydrogen) atoms. The third kappa shape index (κ3) is 7.50. The molecule has 2 heterocycles. The van der Waals surface area contributed by atoms with Crippen LogP contribution in [0.3, 0.4) is 0 Å². The van der Waals surface area contributed by atoms with Gasteiger partial charge in [-0.3, -0.25) is 9.69 Å². The fourth-order valence-electron chi connectivity index (χ4n) is 2.35. The highest BCUT2D eigenvalue weighted by molar-refractivity contribution is 5.85. The lowest BCUT2D eigenvalue weighted by Crippen LogP contribution is -2.50. The van der Waals surface area contributed by atoms with E-state index in [9.17, 15) is 4.79 Å². The van der Waals surface area contributed by atoms with Crippen LogP contribution in [0.5, 0.6) is 0 Å². The van der Waals surface area contributed by atoms with Crippen LogP contribution < -0.4 is 5.32 Å². The van der Waals surface area contributed by atoms with Crippen molar-refractivity contribution in [2.45, 2.75) is 13.5 Å². The molecule has 0 spiro atoms. The minimum atomic E-state index is 0. The highest BCUT2D eigenvalue weighted by atomic mass is 35.5. The van der Waals surface area contributed by atoms with Crippen molar-refractivity contribution in [1.29, 1.82) is 0 Å². The number of carbonyl (C=O) groups is 1. The molecule has 2 rings (SSSR count). The molecule has 1 aromatic rings. The highest BCUT2D eigenvalue weighted by Gasteiger charge is 2.21. The van der Waals surface area contributed by atoms with E-state index in [0.29, 0.717) is 19.7 Å². The fourth-order valence-corrected chi connectivity index (χ4v) is 2.35. The predicted octanol–water partition coefficient (Wildman–Crippen LogP) is 0.707. The predicted molar refractivity (Wildman–Crippen MR) is 92.3 cm³/mol. The van der Waals surface area contributed by atoms with Crippen molar-refractivity contribution in [3.05, 3.63) is 17.5 Å². The molecule has 0 atom stereocenters. The Balaban J connectivity index is 0.00000242. The number of nitrogens with one attached hydrogen (secondary N) is 1. The molecule has 1 aromatic heterocycles. The largest absolute Gasteiger partial charge is 0.383 e. The van der Waals surface area contributed by atoms with Gasteiger partial charge >= 0.3 is 0 Å². The molecule has 0 aliphatic carbocycles. The quantitative estimate of drug-likeness (QED) is 0.714. The molecule has 0 unspecified atom stereocenters. The number of aromatic nitrogens is 1. The Morgan fingerprint density at radius 2 is 2.04 bits per heavy atom. The van der Waals surface area contributed by atoms with Crippen LogP contribution in [0.2, 0.25) is 0 Å². The second-order valence-electron chi connectivity index (χ2n) is 5.26. The lowest BCUT2D eigenvalue weighted by atomic mass is 10.3. The number of halogens is 2. The zero-order chi connectivity index (χ0) is 15.1. The van der Waals surface area contributed by atoms with Crippen molar-refractivity contribution in [2.75, 3.05) is 53.0 Å². The third-order valence-electron chi connectivity index (χ3n) is 3.54. The number of amides is 1. The smallest absolute Gasteiger partial charge is 0.236 e. The van der Waals surface area contributed by atoms with E-state index < -0.39 is 0 Å². The summed E-state index contributed by atoms with van der Waals surface area (Å²) >= 11 is 0. The van der Waals surface area contributed by atoms with Gasteiger partial charge in [0, 0.05) is 45.9 Å². The summed E-state index contributed by atoms with van der Waals surface area (Å²) in [6.45, 7) is 7.63. The SMILES string of the molecule is COCCNCC(=O)N1CCN(Cc2cc(C)no2)CC1.Cl.Cl. The number of hydrogen-bond acceptors (Lipinski definition) is 6. The number of nitrogens with zero attached hydrogens (tertiary/aromatic N) is 3. The van der Waals surface area contributed by atoms with Crippen LogP contribution in [0.15, 0.2) is 10.6 Å². The molecular formula is C14H26Cl2N4O3. The fraction of sp³-hybridized carbons (Fsp3) is 0.714. The average Bonchev–Trinajstić information content (AvgIpc) is 2.89. The second-order valence-corrected chi connectivity index (χ2v) is 5.26. The Hall–Kier alpha value is -0.860.